The molecule has 0 radical (unpaired) electrons. The van der Waals surface area contributed by atoms with Crippen LogP contribution in [0.3, 0.4) is 0 Å². The minimum atomic E-state index is -0.243. The summed E-state index contributed by atoms with van der Waals surface area (Å²) >= 11 is 9.66. The molecule has 4 nitrogen and oxygen atoms in total. The first-order chi connectivity index (χ1) is 11.4. The Hall–Kier alpha value is -1.33. The number of hydrogen-bond acceptors (Lipinski definition) is 2. The average Bonchev–Trinajstić information content (AvgIpc) is 3.19. The van der Waals surface area contributed by atoms with Crippen molar-refractivity contribution in [3.8, 4) is 0 Å². The molecule has 6 heteroatoms. The molecule has 1 aromatic heterocycles. The fourth-order valence-electron chi connectivity index (χ4n) is 3.57. The van der Waals surface area contributed by atoms with Gasteiger partial charge in [-0.25, -0.2) is 4.98 Å². The van der Waals surface area contributed by atoms with E-state index in [1.165, 1.54) is 0 Å². The molecule has 4 rings (SSSR count). The Bertz CT molecular complexity index is 792. The molecule has 1 saturated carbocycles. The lowest BCUT2D eigenvalue weighted by molar-refractivity contribution is -0.126. The quantitative estimate of drug-likeness (QED) is 0.835. The normalized spacial score (nSPS) is 21.2. The van der Waals surface area contributed by atoms with E-state index in [4.69, 9.17) is 11.6 Å². The molecular weight excluding hydrogens is 390 g/mol. The van der Waals surface area contributed by atoms with Gasteiger partial charge in [-0.3, -0.25) is 4.79 Å². The van der Waals surface area contributed by atoms with E-state index in [0.717, 1.165) is 53.8 Å². The van der Waals surface area contributed by atoms with Gasteiger partial charge < -0.3 is 9.88 Å². The van der Waals surface area contributed by atoms with Crippen LogP contribution < -0.4 is 5.32 Å². The highest BCUT2D eigenvalue weighted by atomic mass is 79.9. The monoisotopic (exact) mass is 407 g/mol. The van der Waals surface area contributed by atoms with Crippen molar-refractivity contribution in [1.29, 1.82) is 0 Å². The van der Waals surface area contributed by atoms with Crippen molar-refractivity contribution in [1.82, 2.24) is 14.9 Å². The topological polar surface area (TPSA) is 46.9 Å². The van der Waals surface area contributed by atoms with Crippen LogP contribution in [0, 0.1) is 12.8 Å². The highest BCUT2D eigenvalue weighted by Crippen LogP contribution is 2.47. The largest absolute Gasteiger partial charge is 0.346 e. The number of nitrogens with one attached hydrogen (secondary N) is 1. The first-order valence-electron chi connectivity index (χ1n) is 8.26. The minimum absolute atomic E-state index is 0.000556. The number of carbonyl (C=O) groups is 1. The summed E-state index contributed by atoms with van der Waals surface area (Å²) in [4.78, 5) is 17.4. The van der Waals surface area contributed by atoms with Crippen LogP contribution in [0.15, 0.2) is 28.9 Å². The summed E-state index contributed by atoms with van der Waals surface area (Å²) in [6.45, 7) is 2.86. The predicted molar refractivity (Wildman–Crippen MR) is 97.0 cm³/mol. The van der Waals surface area contributed by atoms with E-state index in [1.807, 2.05) is 19.1 Å². The Morgan fingerprint density at radius 2 is 2.21 bits per heavy atom. The van der Waals surface area contributed by atoms with Crippen molar-refractivity contribution in [2.24, 2.45) is 5.92 Å². The van der Waals surface area contributed by atoms with Crippen molar-refractivity contribution in [2.45, 2.75) is 44.7 Å². The molecule has 1 amide bonds. The minimum Gasteiger partial charge on any atom is -0.346 e. The third kappa shape index (κ3) is 3.00. The van der Waals surface area contributed by atoms with Gasteiger partial charge >= 0.3 is 0 Å². The fraction of sp³-hybridized carbons (Fsp3) is 0.444. The van der Waals surface area contributed by atoms with Gasteiger partial charge in [0.05, 0.1) is 11.2 Å². The van der Waals surface area contributed by atoms with E-state index < -0.39 is 0 Å². The van der Waals surface area contributed by atoms with Gasteiger partial charge in [0.1, 0.15) is 5.82 Å². The Balaban J connectivity index is 1.50. The van der Waals surface area contributed by atoms with Crippen molar-refractivity contribution in [2.75, 3.05) is 0 Å². The van der Waals surface area contributed by atoms with Crippen LogP contribution in [0.2, 0.25) is 5.02 Å². The Kier molecular flexibility index (Phi) is 3.96. The summed E-state index contributed by atoms with van der Waals surface area (Å²) < 4.78 is 3.11. The van der Waals surface area contributed by atoms with Crippen LogP contribution >= 0.6 is 27.5 Å². The molecule has 1 atom stereocenters. The van der Waals surface area contributed by atoms with E-state index in [2.05, 4.69) is 43.1 Å². The van der Waals surface area contributed by atoms with Gasteiger partial charge in [-0.2, -0.15) is 0 Å². The second-order valence-electron chi connectivity index (χ2n) is 6.91. The maximum atomic E-state index is 12.8. The van der Waals surface area contributed by atoms with Crippen molar-refractivity contribution >= 4 is 33.4 Å². The second kappa shape index (κ2) is 5.88. The van der Waals surface area contributed by atoms with E-state index in [-0.39, 0.29) is 17.4 Å². The molecule has 1 aliphatic carbocycles. The maximum absolute atomic E-state index is 12.8. The molecule has 1 fully saturated rings. The van der Waals surface area contributed by atoms with Gasteiger partial charge in [-0.1, -0.05) is 27.5 Å². The van der Waals surface area contributed by atoms with E-state index in [1.54, 1.807) is 0 Å². The second-order valence-corrected chi connectivity index (χ2v) is 8.26. The molecule has 2 heterocycles. The number of nitrogens with zero attached hydrogens (tertiary/aromatic N) is 2. The van der Waals surface area contributed by atoms with Crippen molar-refractivity contribution < 1.29 is 4.79 Å². The smallest absolute Gasteiger partial charge is 0.224 e. The predicted octanol–water partition coefficient (Wildman–Crippen LogP) is 3.98. The van der Waals surface area contributed by atoms with Crippen molar-refractivity contribution in [3.05, 3.63) is 51.0 Å². The molecule has 126 valence electrons. The highest BCUT2D eigenvalue weighted by Gasteiger charge is 2.47. The summed E-state index contributed by atoms with van der Waals surface area (Å²) in [5, 5.41) is 3.98. The summed E-state index contributed by atoms with van der Waals surface area (Å²) in [7, 11) is 0. The van der Waals surface area contributed by atoms with Gasteiger partial charge in [-0.15, -0.1) is 0 Å². The fourth-order valence-corrected chi connectivity index (χ4v) is 4.43. The Labute approximate surface area is 154 Å². The highest BCUT2D eigenvalue weighted by molar-refractivity contribution is 9.10. The molecule has 0 spiro atoms. The lowest BCUT2D eigenvalue weighted by Crippen LogP contribution is -2.41. The molecule has 0 bridgehead atoms. The average molecular weight is 409 g/mol. The van der Waals surface area contributed by atoms with E-state index >= 15 is 0 Å². The molecule has 1 aliphatic heterocycles. The summed E-state index contributed by atoms with van der Waals surface area (Å²) in [6, 6.07) is 5.87. The first-order valence-corrected chi connectivity index (χ1v) is 9.43. The zero-order valence-electron chi connectivity index (χ0n) is 13.5. The number of carbonyl (C=O) groups excluding carboxylic acids is 1. The van der Waals surface area contributed by atoms with Crippen LogP contribution in [0.1, 0.15) is 36.3 Å². The van der Waals surface area contributed by atoms with Crippen LogP contribution in [0.5, 0.6) is 0 Å². The molecule has 2 aliphatic rings. The number of hydrogen-bond donors (Lipinski definition) is 1. The molecule has 1 aromatic carbocycles. The number of imidazole rings is 1. The molecule has 24 heavy (non-hydrogen) atoms. The number of rotatable bonds is 3. The maximum Gasteiger partial charge on any atom is 0.224 e. The van der Waals surface area contributed by atoms with E-state index in [9.17, 15) is 4.79 Å². The number of amides is 1. The summed E-state index contributed by atoms with van der Waals surface area (Å²) in [5.74, 6) is 1.16. The number of benzene rings is 1. The molecule has 1 N–H and O–H groups in total. The zero-order chi connectivity index (χ0) is 16.9. The first kappa shape index (κ1) is 16.2. The molecule has 0 saturated heterocycles. The zero-order valence-corrected chi connectivity index (χ0v) is 15.8. The Morgan fingerprint density at radius 1 is 1.42 bits per heavy atom. The van der Waals surface area contributed by atoms with Crippen LogP contribution in [-0.4, -0.2) is 15.5 Å². The standard InChI is InChI=1S/C18H19BrClN3O/c1-11-10-23-5-2-12(6-16(23)21-11)17(24)22-18(3-4-18)13-7-14(19)9-15(20)8-13/h7-10,12H,2-6H2,1H3,(H,22,24). The van der Waals surface area contributed by atoms with E-state index in [0.29, 0.717) is 5.02 Å². The SMILES string of the molecule is Cc1cn2c(n1)CC(C(=O)NC1(c3cc(Cl)cc(Br)c3)CC1)CC2. The number of aromatic nitrogens is 2. The lowest BCUT2D eigenvalue weighted by atomic mass is 9.95. The van der Waals surface area contributed by atoms with Crippen LogP contribution in [0.4, 0.5) is 0 Å². The molecular formula is C18H19BrClN3O. The summed E-state index contributed by atoms with van der Waals surface area (Å²) in [6.07, 6.45) is 5.58. The number of halogens is 2. The number of fused-ring (bicyclic) bond motifs is 1. The van der Waals surface area contributed by atoms with Gasteiger partial charge in [0.2, 0.25) is 5.91 Å². The third-order valence-corrected chi connectivity index (χ3v) is 5.70. The van der Waals surface area contributed by atoms with Gasteiger partial charge in [0, 0.05) is 34.6 Å². The van der Waals surface area contributed by atoms with Crippen molar-refractivity contribution in [3.63, 3.8) is 0 Å². The van der Waals surface area contributed by atoms with Gasteiger partial charge in [0.25, 0.3) is 0 Å². The van der Waals surface area contributed by atoms with Gasteiger partial charge in [-0.05, 0) is 49.9 Å². The van der Waals surface area contributed by atoms with Gasteiger partial charge in [0.15, 0.2) is 0 Å². The summed E-state index contributed by atoms with van der Waals surface area (Å²) in [5.41, 5.74) is 1.87. The van der Waals surface area contributed by atoms with Crippen LogP contribution in [0.25, 0.3) is 0 Å². The molecule has 2 aromatic rings. The third-order valence-electron chi connectivity index (χ3n) is 5.03. The van der Waals surface area contributed by atoms with Crippen LogP contribution in [-0.2, 0) is 23.3 Å². The lowest BCUT2D eigenvalue weighted by Gasteiger charge is -2.26. The Morgan fingerprint density at radius 3 is 2.92 bits per heavy atom. The number of aryl methyl sites for hydroxylation is 2. The molecule has 1 unspecified atom stereocenters.